The van der Waals surface area contributed by atoms with Crippen LogP contribution in [0.3, 0.4) is 0 Å². The summed E-state index contributed by atoms with van der Waals surface area (Å²) in [5.74, 6) is 0.412. The predicted molar refractivity (Wildman–Crippen MR) is 85.8 cm³/mol. The van der Waals surface area contributed by atoms with Crippen LogP contribution >= 0.6 is 0 Å². The van der Waals surface area contributed by atoms with Gasteiger partial charge in [-0.15, -0.1) is 0 Å². The van der Waals surface area contributed by atoms with Crippen molar-refractivity contribution in [2.24, 2.45) is 5.73 Å². The summed E-state index contributed by atoms with van der Waals surface area (Å²) < 4.78 is 12.9. The number of ether oxygens (including phenoxy) is 2. The van der Waals surface area contributed by atoms with Crippen LogP contribution in [0, 0.1) is 6.92 Å². The van der Waals surface area contributed by atoms with Gasteiger partial charge in [-0.1, -0.05) is 6.07 Å². The molecule has 23 heavy (non-hydrogen) atoms. The third kappa shape index (κ3) is 2.83. The van der Waals surface area contributed by atoms with Crippen molar-refractivity contribution >= 4 is 11.6 Å². The summed E-state index contributed by atoms with van der Waals surface area (Å²) in [6.07, 6.45) is 1.93. The smallest absolute Gasteiger partial charge is 0.252 e. The zero-order valence-electron chi connectivity index (χ0n) is 12.9. The number of hydrogen-bond acceptors (Lipinski definition) is 4. The van der Waals surface area contributed by atoms with Gasteiger partial charge in [0, 0.05) is 6.20 Å². The average molecular weight is 311 g/mol. The van der Waals surface area contributed by atoms with E-state index in [-0.39, 0.29) is 12.2 Å². The third-order valence-electron chi connectivity index (χ3n) is 3.65. The minimum atomic E-state index is -0.561. The number of aromatic nitrogens is 2. The van der Waals surface area contributed by atoms with Crippen molar-refractivity contribution in [2.75, 3.05) is 7.11 Å². The lowest BCUT2D eigenvalue weighted by molar-refractivity contribution is 0.0995. The van der Waals surface area contributed by atoms with Crippen molar-refractivity contribution in [3.05, 3.63) is 59.5 Å². The number of rotatable bonds is 5. The zero-order valence-corrected chi connectivity index (χ0v) is 12.9. The molecule has 3 aromatic rings. The van der Waals surface area contributed by atoms with Crippen LogP contribution in [0.5, 0.6) is 11.5 Å². The molecule has 1 amide bonds. The maximum atomic E-state index is 11.6. The van der Waals surface area contributed by atoms with E-state index in [1.54, 1.807) is 18.2 Å². The Balaban J connectivity index is 1.91. The molecule has 2 N–H and O–H groups in total. The second kappa shape index (κ2) is 6.00. The first-order valence-corrected chi connectivity index (χ1v) is 7.13. The average Bonchev–Trinajstić information content (AvgIpc) is 2.88. The summed E-state index contributed by atoms with van der Waals surface area (Å²) in [5.41, 5.74) is 8.36. The molecule has 1 aromatic carbocycles. The summed E-state index contributed by atoms with van der Waals surface area (Å²) in [6.45, 7) is 2.21. The number of benzene rings is 1. The standard InChI is InChI=1S/C17H17N3O3/c1-11-14(20-8-4-3-5-16(20)19-11)10-23-15-7-6-12(22-2)9-13(15)17(18)21/h3-9H,10H2,1-2H3,(H2,18,21). The monoisotopic (exact) mass is 311 g/mol. The minimum absolute atomic E-state index is 0.281. The molecule has 0 unspecified atom stereocenters. The molecule has 118 valence electrons. The van der Waals surface area contributed by atoms with Gasteiger partial charge in [0.25, 0.3) is 5.91 Å². The maximum absolute atomic E-state index is 11.6. The number of aryl methyl sites for hydroxylation is 1. The van der Waals surface area contributed by atoms with Crippen LogP contribution in [0.4, 0.5) is 0 Å². The highest BCUT2D eigenvalue weighted by atomic mass is 16.5. The molecule has 0 saturated heterocycles. The zero-order chi connectivity index (χ0) is 16.4. The number of primary amides is 1. The van der Waals surface area contributed by atoms with E-state index < -0.39 is 5.91 Å². The molecule has 0 radical (unpaired) electrons. The van der Waals surface area contributed by atoms with Crippen molar-refractivity contribution in [1.82, 2.24) is 9.38 Å². The van der Waals surface area contributed by atoms with Crippen LogP contribution in [0.25, 0.3) is 5.65 Å². The molecule has 6 nitrogen and oxygen atoms in total. The molecule has 3 rings (SSSR count). The van der Waals surface area contributed by atoms with Crippen LogP contribution in [0.2, 0.25) is 0 Å². The first kappa shape index (κ1) is 14.9. The van der Waals surface area contributed by atoms with Crippen LogP contribution in [0.1, 0.15) is 21.7 Å². The van der Waals surface area contributed by atoms with Crippen LogP contribution in [-0.2, 0) is 6.61 Å². The van der Waals surface area contributed by atoms with E-state index in [1.165, 1.54) is 7.11 Å². The first-order chi connectivity index (χ1) is 11.1. The highest BCUT2D eigenvalue weighted by Gasteiger charge is 2.14. The Bertz CT molecular complexity index is 871. The van der Waals surface area contributed by atoms with Crippen molar-refractivity contribution < 1.29 is 14.3 Å². The fraction of sp³-hybridized carbons (Fsp3) is 0.176. The summed E-state index contributed by atoms with van der Waals surface area (Å²) in [7, 11) is 1.53. The lowest BCUT2D eigenvalue weighted by Gasteiger charge is -2.11. The molecule has 0 aliphatic heterocycles. The van der Waals surface area contributed by atoms with E-state index in [9.17, 15) is 4.79 Å². The molecule has 0 aliphatic rings. The quantitative estimate of drug-likeness (QED) is 0.784. The number of nitrogens with two attached hydrogens (primary N) is 1. The number of nitrogens with zero attached hydrogens (tertiary/aromatic N) is 2. The van der Waals surface area contributed by atoms with Gasteiger partial charge in [0.1, 0.15) is 23.8 Å². The maximum Gasteiger partial charge on any atom is 0.252 e. The van der Waals surface area contributed by atoms with E-state index in [1.807, 2.05) is 35.7 Å². The molecule has 6 heteroatoms. The highest BCUT2D eigenvalue weighted by molar-refractivity contribution is 5.96. The van der Waals surface area contributed by atoms with Gasteiger partial charge in [0.05, 0.1) is 24.1 Å². The molecular weight excluding hydrogens is 294 g/mol. The topological polar surface area (TPSA) is 78.8 Å². The summed E-state index contributed by atoms with van der Waals surface area (Å²) in [5, 5.41) is 0. The fourth-order valence-corrected chi connectivity index (χ4v) is 2.44. The summed E-state index contributed by atoms with van der Waals surface area (Å²) in [6, 6.07) is 10.8. The van der Waals surface area contributed by atoms with Crippen molar-refractivity contribution in [2.45, 2.75) is 13.5 Å². The van der Waals surface area contributed by atoms with Gasteiger partial charge in [-0.05, 0) is 37.3 Å². The summed E-state index contributed by atoms with van der Waals surface area (Å²) in [4.78, 5) is 16.1. The van der Waals surface area contributed by atoms with Gasteiger partial charge in [0.2, 0.25) is 0 Å². The first-order valence-electron chi connectivity index (χ1n) is 7.13. The van der Waals surface area contributed by atoms with Crippen molar-refractivity contribution in [3.63, 3.8) is 0 Å². The van der Waals surface area contributed by atoms with Crippen LogP contribution < -0.4 is 15.2 Å². The predicted octanol–water partition coefficient (Wildman–Crippen LogP) is 2.33. The highest BCUT2D eigenvalue weighted by Crippen LogP contribution is 2.25. The third-order valence-corrected chi connectivity index (χ3v) is 3.65. The molecule has 2 aromatic heterocycles. The SMILES string of the molecule is COc1ccc(OCc2c(C)nc3ccccn23)c(C(N)=O)c1. The number of pyridine rings is 1. The summed E-state index contributed by atoms with van der Waals surface area (Å²) >= 11 is 0. The van der Waals surface area contributed by atoms with Gasteiger partial charge in [0.15, 0.2) is 0 Å². The number of fused-ring (bicyclic) bond motifs is 1. The number of carbonyl (C=O) groups excluding carboxylic acids is 1. The number of amides is 1. The number of carbonyl (C=O) groups is 1. The van der Waals surface area contributed by atoms with E-state index in [0.29, 0.717) is 11.5 Å². The van der Waals surface area contributed by atoms with E-state index in [2.05, 4.69) is 4.98 Å². The van der Waals surface area contributed by atoms with E-state index in [0.717, 1.165) is 17.0 Å². The molecule has 0 spiro atoms. The lowest BCUT2D eigenvalue weighted by atomic mass is 10.2. The number of hydrogen-bond donors (Lipinski definition) is 1. The second-order valence-corrected chi connectivity index (χ2v) is 5.09. The Kier molecular flexibility index (Phi) is 3.89. The second-order valence-electron chi connectivity index (χ2n) is 5.09. The van der Waals surface area contributed by atoms with Crippen molar-refractivity contribution in [1.29, 1.82) is 0 Å². The normalized spacial score (nSPS) is 10.7. The number of methoxy groups -OCH3 is 1. The Labute approximate surface area is 133 Å². The van der Waals surface area contributed by atoms with Crippen LogP contribution in [-0.4, -0.2) is 22.4 Å². The van der Waals surface area contributed by atoms with Gasteiger partial charge >= 0.3 is 0 Å². The van der Waals surface area contributed by atoms with Gasteiger partial charge in [-0.25, -0.2) is 4.98 Å². The van der Waals surface area contributed by atoms with Gasteiger partial charge in [-0.2, -0.15) is 0 Å². The molecular formula is C17H17N3O3. The Morgan fingerprint density at radius 3 is 2.87 bits per heavy atom. The van der Waals surface area contributed by atoms with Crippen molar-refractivity contribution in [3.8, 4) is 11.5 Å². The fourth-order valence-electron chi connectivity index (χ4n) is 2.44. The molecule has 0 bridgehead atoms. The van der Waals surface area contributed by atoms with Crippen LogP contribution in [0.15, 0.2) is 42.6 Å². The molecule has 0 saturated carbocycles. The van der Waals surface area contributed by atoms with E-state index >= 15 is 0 Å². The molecule has 0 atom stereocenters. The molecule has 0 aliphatic carbocycles. The van der Waals surface area contributed by atoms with Gasteiger partial charge < -0.3 is 19.6 Å². The van der Waals surface area contributed by atoms with Gasteiger partial charge in [-0.3, -0.25) is 4.79 Å². The largest absolute Gasteiger partial charge is 0.497 e. The Hall–Kier alpha value is -3.02. The van der Waals surface area contributed by atoms with E-state index in [4.69, 9.17) is 15.2 Å². The lowest BCUT2D eigenvalue weighted by Crippen LogP contribution is -2.13. The Morgan fingerprint density at radius 2 is 2.13 bits per heavy atom. The number of imidazole rings is 1. The minimum Gasteiger partial charge on any atom is -0.497 e. The molecule has 2 heterocycles. The Morgan fingerprint density at radius 1 is 1.30 bits per heavy atom. The molecule has 0 fully saturated rings.